The van der Waals surface area contributed by atoms with Crippen LogP contribution in [0.4, 0.5) is 0 Å². The van der Waals surface area contributed by atoms with Crippen LogP contribution in [0.5, 0.6) is 0 Å². The Morgan fingerprint density at radius 3 is 2.36 bits per heavy atom. The molecule has 1 saturated carbocycles. The molecule has 0 amide bonds. The molecule has 2 nitrogen and oxygen atoms in total. The lowest BCUT2D eigenvalue weighted by Crippen LogP contribution is -2.36. The number of aliphatic hydroxyl groups is 1. The summed E-state index contributed by atoms with van der Waals surface area (Å²) in [6.45, 7) is 4.23. The number of ether oxygens (including phenoxy) is 1. The molecule has 0 saturated heterocycles. The minimum atomic E-state index is -0.114. The van der Waals surface area contributed by atoms with Gasteiger partial charge >= 0.3 is 0 Å². The van der Waals surface area contributed by atoms with Crippen LogP contribution in [0.2, 0.25) is 0 Å². The minimum Gasteiger partial charge on any atom is -0.393 e. The lowest BCUT2D eigenvalue weighted by Gasteiger charge is -2.35. The Morgan fingerprint density at radius 1 is 1.18 bits per heavy atom. The Kier molecular flexibility index (Phi) is 2.90. The van der Waals surface area contributed by atoms with E-state index in [1.54, 1.807) is 7.11 Å². The maximum Gasteiger partial charge on any atom is 0.0601 e. The summed E-state index contributed by atoms with van der Waals surface area (Å²) in [6.07, 6.45) is 2.13. The van der Waals surface area contributed by atoms with Gasteiger partial charge < -0.3 is 9.84 Å². The molecule has 1 rings (SSSR count). The lowest BCUT2D eigenvalue weighted by atomic mass is 9.79. The number of hydrogen-bond acceptors (Lipinski definition) is 2. The molecule has 66 valence electrons. The molecule has 1 aliphatic rings. The highest BCUT2D eigenvalue weighted by atomic mass is 16.5. The van der Waals surface area contributed by atoms with Gasteiger partial charge in [0, 0.05) is 7.11 Å². The molecule has 0 aromatic heterocycles. The zero-order chi connectivity index (χ0) is 8.43. The zero-order valence-electron chi connectivity index (χ0n) is 7.58. The van der Waals surface area contributed by atoms with Gasteiger partial charge in [-0.1, -0.05) is 13.8 Å². The van der Waals surface area contributed by atoms with Crippen molar-refractivity contribution in [2.45, 2.75) is 38.9 Å². The van der Waals surface area contributed by atoms with Crippen molar-refractivity contribution < 1.29 is 9.84 Å². The minimum absolute atomic E-state index is 0.114. The van der Waals surface area contributed by atoms with Gasteiger partial charge in [-0.05, 0) is 24.7 Å². The Hall–Kier alpha value is -0.0800. The van der Waals surface area contributed by atoms with Gasteiger partial charge in [-0.15, -0.1) is 0 Å². The second-order valence-corrected chi connectivity index (χ2v) is 3.77. The van der Waals surface area contributed by atoms with Gasteiger partial charge in [0.2, 0.25) is 0 Å². The van der Waals surface area contributed by atoms with E-state index in [1.165, 1.54) is 0 Å². The summed E-state index contributed by atoms with van der Waals surface area (Å²) in [4.78, 5) is 0. The van der Waals surface area contributed by atoms with Gasteiger partial charge in [-0.3, -0.25) is 0 Å². The predicted molar refractivity (Wildman–Crippen MR) is 44.4 cm³/mol. The highest BCUT2D eigenvalue weighted by molar-refractivity contribution is 4.81. The van der Waals surface area contributed by atoms with Crippen LogP contribution in [0.1, 0.15) is 26.7 Å². The Balaban J connectivity index is 2.48. The number of rotatable bonds is 1. The fourth-order valence-corrected chi connectivity index (χ4v) is 1.85. The fourth-order valence-electron chi connectivity index (χ4n) is 1.85. The van der Waals surface area contributed by atoms with Crippen molar-refractivity contribution in [3.8, 4) is 0 Å². The van der Waals surface area contributed by atoms with Gasteiger partial charge in [-0.2, -0.15) is 0 Å². The average Bonchev–Trinajstić information content (AvgIpc) is 1.97. The normalized spacial score (nSPS) is 45.8. The summed E-state index contributed by atoms with van der Waals surface area (Å²) in [5.74, 6) is 0.905. The third-order valence-corrected chi connectivity index (χ3v) is 2.81. The number of aliphatic hydroxyl groups excluding tert-OH is 1. The second kappa shape index (κ2) is 3.55. The molecular formula is C9H18O2. The predicted octanol–water partition coefficient (Wildman–Crippen LogP) is 1.43. The van der Waals surface area contributed by atoms with Crippen molar-refractivity contribution >= 4 is 0 Å². The molecule has 0 bridgehead atoms. The summed E-state index contributed by atoms with van der Waals surface area (Å²) in [7, 11) is 1.76. The fraction of sp³-hybridized carbons (Fsp3) is 1.00. The number of hydrogen-bond donors (Lipinski definition) is 1. The topological polar surface area (TPSA) is 29.5 Å². The molecular weight excluding hydrogens is 140 g/mol. The van der Waals surface area contributed by atoms with Crippen molar-refractivity contribution in [2.24, 2.45) is 11.8 Å². The summed E-state index contributed by atoms with van der Waals surface area (Å²) in [6, 6.07) is 0. The molecule has 1 N–H and O–H groups in total. The Morgan fingerprint density at radius 2 is 1.82 bits per heavy atom. The van der Waals surface area contributed by atoms with Crippen LogP contribution in [0.25, 0.3) is 0 Å². The van der Waals surface area contributed by atoms with Crippen LogP contribution in [0.15, 0.2) is 0 Å². The number of methoxy groups -OCH3 is 1. The Bertz CT molecular complexity index is 125. The third-order valence-electron chi connectivity index (χ3n) is 2.81. The van der Waals surface area contributed by atoms with E-state index >= 15 is 0 Å². The first kappa shape index (κ1) is 9.01. The van der Waals surface area contributed by atoms with Crippen LogP contribution in [-0.4, -0.2) is 24.4 Å². The smallest absolute Gasteiger partial charge is 0.0601 e. The zero-order valence-corrected chi connectivity index (χ0v) is 7.58. The van der Waals surface area contributed by atoms with Crippen molar-refractivity contribution in [3.05, 3.63) is 0 Å². The molecule has 0 spiro atoms. The van der Waals surface area contributed by atoms with E-state index in [9.17, 15) is 5.11 Å². The van der Waals surface area contributed by atoms with E-state index in [4.69, 9.17) is 4.74 Å². The molecule has 0 radical (unpaired) electrons. The summed E-state index contributed by atoms with van der Waals surface area (Å²) in [5, 5.41) is 9.51. The quantitative estimate of drug-likeness (QED) is 0.625. The van der Waals surface area contributed by atoms with E-state index in [-0.39, 0.29) is 6.10 Å². The van der Waals surface area contributed by atoms with Crippen molar-refractivity contribution in [1.29, 1.82) is 0 Å². The van der Waals surface area contributed by atoms with Crippen molar-refractivity contribution in [1.82, 2.24) is 0 Å². The molecule has 0 heterocycles. The van der Waals surface area contributed by atoms with Crippen molar-refractivity contribution in [2.75, 3.05) is 7.11 Å². The first-order valence-electron chi connectivity index (χ1n) is 4.36. The van der Waals surface area contributed by atoms with Gasteiger partial charge in [0.15, 0.2) is 0 Å². The molecule has 2 heteroatoms. The first-order chi connectivity index (χ1) is 5.15. The van der Waals surface area contributed by atoms with Crippen molar-refractivity contribution in [3.63, 3.8) is 0 Å². The van der Waals surface area contributed by atoms with Crippen LogP contribution in [0, 0.1) is 11.8 Å². The molecule has 1 fully saturated rings. The second-order valence-electron chi connectivity index (χ2n) is 3.77. The highest BCUT2D eigenvalue weighted by Crippen LogP contribution is 2.30. The molecule has 0 aliphatic heterocycles. The standard InChI is InChI=1S/C9H18O2/c1-6-5-9(11-3)7(2)4-8(6)10/h6-10H,4-5H2,1-3H3. The maximum absolute atomic E-state index is 9.51. The SMILES string of the molecule is COC1CC(C)C(O)CC1C. The monoisotopic (exact) mass is 158 g/mol. The van der Waals surface area contributed by atoms with Crippen LogP contribution < -0.4 is 0 Å². The van der Waals surface area contributed by atoms with E-state index < -0.39 is 0 Å². The Labute approximate surface area is 68.6 Å². The van der Waals surface area contributed by atoms with Gasteiger partial charge in [0.1, 0.15) is 0 Å². The van der Waals surface area contributed by atoms with Crippen LogP contribution >= 0.6 is 0 Å². The van der Waals surface area contributed by atoms with Crippen LogP contribution in [-0.2, 0) is 4.74 Å². The lowest BCUT2D eigenvalue weighted by molar-refractivity contribution is -0.0414. The molecule has 0 aromatic carbocycles. The molecule has 0 aromatic rings. The van der Waals surface area contributed by atoms with Gasteiger partial charge in [0.05, 0.1) is 12.2 Å². The first-order valence-corrected chi connectivity index (χ1v) is 4.36. The van der Waals surface area contributed by atoms with Crippen LogP contribution in [0.3, 0.4) is 0 Å². The largest absolute Gasteiger partial charge is 0.393 e. The molecule has 4 unspecified atom stereocenters. The van der Waals surface area contributed by atoms with E-state index in [0.717, 1.165) is 12.8 Å². The van der Waals surface area contributed by atoms with Gasteiger partial charge in [-0.25, -0.2) is 0 Å². The summed E-state index contributed by atoms with van der Waals surface area (Å²) < 4.78 is 5.31. The van der Waals surface area contributed by atoms with E-state index in [1.807, 2.05) is 0 Å². The third kappa shape index (κ3) is 1.94. The van der Waals surface area contributed by atoms with E-state index in [0.29, 0.717) is 17.9 Å². The van der Waals surface area contributed by atoms with Gasteiger partial charge in [0.25, 0.3) is 0 Å². The molecule has 4 atom stereocenters. The molecule has 11 heavy (non-hydrogen) atoms. The summed E-state index contributed by atoms with van der Waals surface area (Å²) in [5.41, 5.74) is 0. The highest BCUT2D eigenvalue weighted by Gasteiger charge is 2.31. The average molecular weight is 158 g/mol. The molecule has 1 aliphatic carbocycles. The van der Waals surface area contributed by atoms with E-state index in [2.05, 4.69) is 13.8 Å². The summed E-state index contributed by atoms with van der Waals surface area (Å²) >= 11 is 0. The maximum atomic E-state index is 9.51.